The molecular formula is C13H21NO3. The maximum Gasteiger partial charge on any atom is 0.326 e. The Bertz CT molecular complexity index is 332. The van der Waals surface area contributed by atoms with Crippen LogP contribution >= 0.6 is 0 Å². The lowest BCUT2D eigenvalue weighted by Gasteiger charge is -2.20. The molecule has 0 spiro atoms. The number of hydrogen-bond acceptors (Lipinski definition) is 2. The lowest BCUT2D eigenvalue weighted by molar-refractivity contribution is -0.142. The molecule has 4 nitrogen and oxygen atoms in total. The highest BCUT2D eigenvalue weighted by atomic mass is 16.4. The molecule has 2 N–H and O–H groups in total. The zero-order chi connectivity index (χ0) is 13.4. The van der Waals surface area contributed by atoms with Crippen LogP contribution in [0.2, 0.25) is 0 Å². The monoisotopic (exact) mass is 239 g/mol. The Morgan fingerprint density at radius 3 is 2.41 bits per heavy atom. The minimum Gasteiger partial charge on any atom is -0.480 e. The number of hydrogen-bond donors (Lipinski definition) is 2. The van der Waals surface area contributed by atoms with E-state index in [2.05, 4.69) is 5.32 Å². The van der Waals surface area contributed by atoms with Gasteiger partial charge in [0.1, 0.15) is 6.04 Å². The SMILES string of the molecule is CC=CC=C(C)C(=O)NC(C(=O)O)C(C)CC. The van der Waals surface area contributed by atoms with Crippen LogP contribution in [0.25, 0.3) is 0 Å². The van der Waals surface area contributed by atoms with Crippen molar-refractivity contribution in [3.63, 3.8) is 0 Å². The van der Waals surface area contributed by atoms with E-state index in [1.165, 1.54) is 0 Å². The molecule has 96 valence electrons. The Labute approximate surface area is 102 Å². The van der Waals surface area contributed by atoms with Crippen molar-refractivity contribution in [2.45, 2.75) is 40.2 Å². The standard InChI is InChI=1S/C13H21NO3/c1-5-7-8-10(4)12(15)14-11(13(16)17)9(3)6-2/h5,7-9,11H,6H2,1-4H3,(H,14,15)(H,16,17). The third-order valence-electron chi connectivity index (χ3n) is 2.66. The van der Waals surface area contributed by atoms with Crippen molar-refractivity contribution >= 4 is 11.9 Å². The summed E-state index contributed by atoms with van der Waals surface area (Å²) in [6.45, 7) is 7.21. The van der Waals surface area contributed by atoms with Crippen LogP contribution in [0.15, 0.2) is 23.8 Å². The van der Waals surface area contributed by atoms with E-state index in [0.717, 1.165) is 0 Å². The van der Waals surface area contributed by atoms with Crippen LogP contribution in [-0.2, 0) is 9.59 Å². The molecule has 17 heavy (non-hydrogen) atoms. The van der Waals surface area contributed by atoms with E-state index in [1.807, 2.05) is 20.8 Å². The fourth-order valence-corrected chi connectivity index (χ4v) is 1.25. The van der Waals surface area contributed by atoms with E-state index < -0.39 is 12.0 Å². The highest BCUT2D eigenvalue weighted by Crippen LogP contribution is 2.08. The molecule has 4 heteroatoms. The number of allylic oxidation sites excluding steroid dienone is 3. The Morgan fingerprint density at radius 2 is 2.00 bits per heavy atom. The molecule has 0 saturated carbocycles. The van der Waals surface area contributed by atoms with Gasteiger partial charge in [-0.1, -0.05) is 38.5 Å². The first kappa shape index (κ1) is 15.4. The summed E-state index contributed by atoms with van der Waals surface area (Å²) in [6.07, 6.45) is 5.91. The van der Waals surface area contributed by atoms with Gasteiger partial charge in [0.15, 0.2) is 0 Å². The van der Waals surface area contributed by atoms with E-state index in [4.69, 9.17) is 5.11 Å². The molecule has 2 unspecified atom stereocenters. The van der Waals surface area contributed by atoms with Crippen LogP contribution in [0.3, 0.4) is 0 Å². The van der Waals surface area contributed by atoms with Crippen LogP contribution in [-0.4, -0.2) is 23.0 Å². The largest absolute Gasteiger partial charge is 0.480 e. The second-order valence-corrected chi connectivity index (χ2v) is 4.05. The minimum atomic E-state index is -0.994. The van der Waals surface area contributed by atoms with Crippen molar-refractivity contribution in [1.29, 1.82) is 0 Å². The van der Waals surface area contributed by atoms with Gasteiger partial charge in [-0.25, -0.2) is 4.79 Å². The van der Waals surface area contributed by atoms with Crippen LogP contribution < -0.4 is 5.32 Å². The van der Waals surface area contributed by atoms with Crippen molar-refractivity contribution in [3.8, 4) is 0 Å². The number of carbonyl (C=O) groups is 2. The molecule has 0 bridgehead atoms. The molecule has 0 fully saturated rings. The normalized spacial score (nSPS) is 15.6. The molecule has 0 aromatic heterocycles. The lowest BCUT2D eigenvalue weighted by Crippen LogP contribution is -2.45. The average Bonchev–Trinajstić information content (AvgIpc) is 2.31. The molecule has 0 aliphatic rings. The molecule has 0 aromatic rings. The molecule has 2 atom stereocenters. The molecule has 0 rings (SSSR count). The van der Waals surface area contributed by atoms with E-state index in [0.29, 0.717) is 12.0 Å². The van der Waals surface area contributed by atoms with Gasteiger partial charge in [-0.05, 0) is 19.8 Å². The summed E-state index contributed by atoms with van der Waals surface area (Å²) >= 11 is 0. The average molecular weight is 239 g/mol. The molecule has 0 aromatic carbocycles. The number of nitrogens with one attached hydrogen (secondary N) is 1. The summed E-state index contributed by atoms with van der Waals surface area (Å²) in [5.41, 5.74) is 0.498. The van der Waals surface area contributed by atoms with Gasteiger partial charge in [-0.2, -0.15) is 0 Å². The maximum atomic E-state index is 11.7. The van der Waals surface area contributed by atoms with Crippen LogP contribution in [0.4, 0.5) is 0 Å². The molecule has 0 aliphatic heterocycles. The molecular weight excluding hydrogens is 218 g/mol. The first-order valence-electron chi connectivity index (χ1n) is 5.77. The Hall–Kier alpha value is -1.58. The quantitative estimate of drug-likeness (QED) is 0.551. The number of carboxylic acids is 1. The topological polar surface area (TPSA) is 66.4 Å². The molecule has 1 amide bonds. The number of carboxylic acid groups (broad SMARTS) is 1. The Morgan fingerprint density at radius 1 is 1.41 bits per heavy atom. The fraction of sp³-hybridized carbons (Fsp3) is 0.538. The van der Waals surface area contributed by atoms with E-state index >= 15 is 0 Å². The first-order chi connectivity index (χ1) is 7.93. The zero-order valence-electron chi connectivity index (χ0n) is 10.9. The summed E-state index contributed by atoms with van der Waals surface area (Å²) in [7, 11) is 0. The number of rotatable bonds is 6. The number of aliphatic carboxylic acids is 1. The summed E-state index contributed by atoms with van der Waals surface area (Å²) in [6, 6.07) is -0.832. The fourth-order valence-electron chi connectivity index (χ4n) is 1.25. The molecule has 0 heterocycles. The summed E-state index contributed by atoms with van der Waals surface area (Å²) in [5, 5.41) is 11.6. The van der Waals surface area contributed by atoms with Gasteiger partial charge in [0, 0.05) is 5.57 Å². The third kappa shape index (κ3) is 5.33. The highest BCUT2D eigenvalue weighted by Gasteiger charge is 2.25. The number of carbonyl (C=O) groups excluding carboxylic acids is 1. The molecule has 0 radical (unpaired) electrons. The lowest BCUT2D eigenvalue weighted by atomic mass is 9.99. The number of amides is 1. The second kappa shape index (κ2) is 7.65. The van der Waals surface area contributed by atoms with Crippen LogP contribution in [0.5, 0.6) is 0 Å². The van der Waals surface area contributed by atoms with Crippen molar-refractivity contribution in [2.75, 3.05) is 0 Å². The van der Waals surface area contributed by atoms with Crippen LogP contribution in [0, 0.1) is 5.92 Å². The third-order valence-corrected chi connectivity index (χ3v) is 2.66. The Kier molecular flexibility index (Phi) is 6.94. The van der Waals surface area contributed by atoms with E-state index in [-0.39, 0.29) is 11.8 Å². The van der Waals surface area contributed by atoms with Crippen LogP contribution in [0.1, 0.15) is 34.1 Å². The predicted molar refractivity (Wildman–Crippen MR) is 67.6 cm³/mol. The minimum absolute atomic E-state index is 0.0917. The van der Waals surface area contributed by atoms with Crippen molar-refractivity contribution in [3.05, 3.63) is 23.8 Å². The van der Waals surface area contributed by atoms with Gasteiger partial charge in [-0.3, -0.25) is 4.79 Å². The van der Waals surface area contributed by atoms with Crippen molar-refractivity contribution < 1.29 is 14.7 Å². The molecule has 0 saturated heterocycles. The van der Waals surface area contributed by atoms with Crippen molar-refractivity contribution in [2.24, 2.45) is 5.92 Å². The summed E-state index contributed by atoms with van der Waals surface area (Å²) in [4.78, 5) is 22.7. The van der Waals surface area contributed by atoms with Gasteiger partial charge in [-0.15, -0.1) is 0 Å². The van der Waals surface area contributed by atoms with Gasteiger partial charge in [0.05, 0.1) is 0 Å². The smallest absolute Gasteiger partial charge is 0.326 e. The van der Waals surface area contributed by atoms with E-state index in [1.54, 1.807) is 25.2 Å². The summed E-state index contributed by atoms with van der Waals surface area (Å²) in [5.74, 6) is -1.42. The van der Waals surface area contributed by atoms with Gasteiger partial charge in [0.25, 0.3) is 0 Å². The predicted octanol–water partition coefficient (Wildman–Crippen LogP) is 2.12. The maximum absolute atomic E-state index is 11.7. The Balaban J connectivity index is 4.67. The van der Waals surface area contributed by atoms with E-state index in [9.17, 15) is 9.59 Å². The van der Waals surface area contributed by atoms with Crippen molar-refractivity contribution in [1.82, 2.24) is 5.32 Å². The van der Waals surface area contributed by atoms with Gasteiger partial charge >= 0.3 is 5.97 Å². The first-order valence-corrected chi connectivity index (χ1v) is 5.77. The van der Waals surface area contributed by atoms with Gasteiger partial charge < -0.3 is 10.4 Å². The highest BCUT2D eigenvalue weighted by molar-refractivity contribution is 5.95. The molecule has 0 aliphatic carbocycles. The summed E-state index contributed by atoms with van der Waals surface area (Å²) < 4.78 is 0. The second-order valence-electron chi connectivity index (χ2n) is 4.05. The van der Waals surface area contributed by atoms with Gasteiger partial charge in [0.2, 0.25) is 5.91 Å². The zero-order valence-corrected chi connectivity index (χ0v) is 10.9.